The fourth-order valence-electron chi connectivity index (χ4n) is 2.76. The van der Waals surface area contributed by atoms with Crippen molar-refractivity contribution in [2.24, 2.45) is 0 Å². The summed E-state index contributed by atoms with van der Waals surface area (Å²) in [5.74, 6) is -0.0825. The summed E-state index contributed by atoms with van der Waals surface area (Å²) in [6.45, 7) is 5.85. The van der Waals surface area contributed by atoms with Crippen molar-refractivity contribution in [2.45, 2.75) is 123 Å². The second-order valence-electron chi connectivity index (χ2n) is 8.05. The van der Waals surface area contributed by atoms with Crippen molar-refractivity contribution >= 4 is 12.3 Å². The number of hydrogen-bond donors (Lipinski definition) is 1. The number of rotatable bonds is 17. The van der Waals surface area contributed by atoms with Gasteiger partial charge in [0.1, 0.15) is 6.29 Å². The zero-order valence-corrected chi connectivity index (χ0v) is 19.0. The third kappa shape index (κ3) is 29.6. The Morgan fingerprint density at radius 2 is 1.39 bits per heavy atom. The molecule has 0 aromatic carbocycles. The Morgan fingerprint density at radius 1 is 0.857 bits per heavy atom. The van der Waals surface area contributed by atoms with Crippen LogP contribution in [0.2, 0.25) is 0 Å². The molecule has 0 aliphatic heterocycles. The van der Waals surface area contributed by atoms with Gasteiger partial charge < -0.3 is 14.6 Å². The number of ether oxygens (including phenoxy) is 1. The smallest absolute Gasteiger partial charge is 0.305 e. The quantitative estimate of drug-likeness (QED) is 0.131. The molecule has 0 atom stereocenters. The number of carbonyl (C=O) groups is 2. The van der Waals surface area contributed by atoms with Gasteiger partial charge in [-0.25, -0.2) is 0 Å². The van der Waals surface area contributed by atoms with Crippen LogP contribution >= 0.6 is 0 Å². The van der Waals surface area contributed by atoms with Gasteiger partial charge in [0.25, 0.3) is 0 Å². The fourth-order valence-corrected chi connectivity index (χ4v) is 2.76. The molecular formula is C24H46O4. The van der Waals surface area contributed by atoms with Crippen LogP contribution in [0.15, 0.2) is 12.2 Å². The Morgan fingerprint density at radius 3 is 1.93 bits per heavy atom. The largest absolute Gasteiger partial charge is 0.469 e. The van der Waals surface area contributed by atoms with E-state index in [0.717, 1.165) is 51.2 Å². The summed E-state index contributed by atoms with van der Waals surface area (Å²) < 4.78 is 4.57. The van der Waals surface area contributed by atoms with E-state index in [-0.39, 0.29) is 5.97 Å². The van der Waals surface area contributed by atoms with E-state index in [1.165, 1.54) is 45.6 Å². The molecule has 0 saturated heterocycles. The number of carbonyl (C=O) groups excluding carboxylic acids is 2. The molecule has 166 valence electrons. The number of hydrogen-bond acceptors (Lipinski definition) is 4. The molecule has 4 nitrogen and oxygen atoms in total. The average Bonchev–Trinajstić information content (AvgIpc) is 2.65. The highest BCUT2D eigenvalue weighted by molar-refractivity contribution is 5.68. The standard InChI is InChI=1S/C13H24O2.C11H22O2/c1-3-4-5-6-7-8-9-10-11-12-13(14)15-2;1-11(2,13)9-7-5-3-4-6-8-10-12/h4-5H,3,6-12H2,1-2H3;10,13H,3-9H2,1-2H3/b5-4+;. The predicted octanol–water partition coefficient (Wildman–Crippen LogP) is 6.54. The van der Waals surface area contributed by atoms with Gasteiger partial charge in [0.15, 0.2) is 0 Å². The van der Waals surface area contributed by atoms with Crippen LogP contribution in [0.1, 0.15) is 117 Å². The lowest BCUT2D eigenvalue weighted by molar-refractivity contribution is -0.140. The van der Waals surface area contributed by atoms with Crippen molar-refractivity contribution in [3.05, 3.63) is 12.2 Å². The van der Waals surface area contributed by atoms with Gasteiger partial charge in [-0.15, -0.1) is 0 Å². The molecule has 0 aliphatic rings. The zero-order chi connectivity index (χ0) is 21.5. The highest BCUT2D eigenvalue weighted by atomic mass is 16.5. The number of unbranched alkanes of at least 4 members (excludes halogenated alkanes) is 10. The minimum Gasteiger partial charge on any atom is -0.469 e. The molecule has 0 unspecified atom stereocenters. The fraction of sp³-hybridized carbons (Fsp3) is 0.833. The molecule has 0 rings (SSSR count). The van der Waals surface area contributed by atoms with Gasteiger partial charge in [-0.1, -0.05) is 64.0 Å². The van der Waals surface area contributed by atoms with Gasteiger partial charge in [0.05, 0.1) is 12.7 Å². The lowest BCUT2D eigenvalue weighted by Gasteiger charge is -2.16. The molecule has 0 bridgehead atoms. The minimum atomic E-state index is -0.511. The maximum Gasteiger partial charge on any atom is 0.305 e. The normalized spacial score (nSPS) is 11.2. The molecule has 28 heavy (non-hydrogen) atoms. The topological polar surface area (TPSA) is 63.6 Å². The predicted molar refractivity (Wildman–Crippen MR) is 118 cm³/mol. The third-order valence-corrected chi connectivity index (χ3v) is 4.49. The van der Waals surface area contributed by atoms with Crippen LogP contribution in [0, 0.1) is 0 Å². The third-order valence-electron chi connectivity index (χ3n) is 4.49. The lowest BCUT2D eigenvalue weighted by Crippen LogP contribution is -2.17. The van der Waals surface area contributed by atoms with Crippen molar-refractivity contribution in [2.75, 3.05) is 7.11 Å². The first-order chi connectivity index (χ1) is 13.4. The summed E-state index contributed by atoms with van der Waals surface area (Å²) in [6, 6.07) is 0. The highest BCUT2D eigenvalue weighted by Crippen LogP contribution is 2.14. The van der Waals surface area contributed by atoms with Gasteiger partial charge in [0.2, 0.25) is 0 Å². The molecule has 0 saturated carbocycles. The number of allylic oxidation sites excluding steroid dienone is 2. The molecule has 0 spiro atoms. The van der Waals surface area contributed by atoms with E-state index < -0.39 is 5.60 Å². The minimum absolute atomic E-state index is 0.0825. The Bertz CT molecular complexity index is 369. The average molecular weight is 399 g/mol. The van der Waals surface area contributed by atoms with Crippen LogP contribution in [-0.2, 0) is 14.3 Å². The number of aldehydes is 1. The molecule has 0 radical (unpaired) electrons. The summed E-state index contributed by atoms with van der Waals surface area (Å²) in [5.41, 5.74) is -0.511. The van der Waals surface area contributed by atoms with E-state index in [9.17, 15) is 14.7 Å². The molecule has 0 aromatic rings. The molecule has 0 fully saturated rings. The first kappa shape index (κ1) is 29.0. The summed E-state index contributed by atoms with van der Waals surface area (Å²) in [7, 11) is 1.45. The van der Waals surface area contributed by atoms with E-state index in [1.807, 2.05) is 13.8 Å². The van der Waals surface area contributed by atoms with E-state index in [2.05, 4.69) is 23.8 Å². The van der Waals surface area contributed by atoms with Gasteiger partial charge in [0, 0.05) is 12.8 Å². The van der Waals surface area contributed by atoms with Gasteiger partial charge in [-0.3, -0.25) is 4.79 Å². The van der Waals surface area contributed by atoms with Crippen molar-refractivity contribution in [3.8, 4) is 0 Å². The van der Waals surface area contributed by atoms with Crippen LogP contribution in [0.3, 0.4) is 0 Å². The van der Waals surface area contributed by atoms with Crippen LogP contribution in [-0.4, -0.2) is 30.1 Å². The summed E-state index contributed by atoms with van der Waals surface area (Å²) in [4.78, 5) is 20.8. The number of aliphatic hydroxyl groups is 1. The van der Waals surface area contributed by atoms with Gasteiger partial charge >= 0.3 is 5.97 Å². The van der Waals surface area contributed by atoms with E-state index in [0.29, 0.717) is 12.8 Å². The maximum absolute atomic E-state index is 10.8. The van der Waals surface area contributed by atoms with E-state index in [1.54, 1.807) is 0 Å². The Kier molecular flexibility index (Phi) is 23.0. The summed E-state index contributed by atoms with van der Waals surface area (Å²) in [6.07, 6.45) is 21.4. The van der Waals surface area contributed by atoms with E-state index in [4.69, 9.17) is 0 Å². The lowest BCUT2D eigenvalue weighted by atomic mass is 10.00. The Balaban J connectivity index is 0. The van der Waals surface area contributed by atoms with Crippen molar-refractivity contribution in [1.82, 2.24) is 0 Å². The summed E-state index contributed by atoms with van der Waals surface area (Å²) in [5, 5.41) is 9.41. The molecular weight excluding hydrogens is 352 g/mol. The number of methoxy groups -OCH3 is 1. The van der Waals surface area contributed by atoms with Crippen LogP contribution in [0.4, 0.5) is 0 Å². The molecule has 0 amide bonds. The van der Waals surface area contributed by atoms with Crippen LogP contribution in [0.25, 0.3) is 0 Å². The second-order valence-corrected chi connectivity index (χ2v) is 8.05. The number of esters is 1. The van der Waals surface area contributed by atoms with Gasteiger partial charge in [-0.05, 0) is 52.4 Å². The summed E-state index contributed by atoms with van der Waals surface area (Å²) >= 11 is 0. The monoisotopic (exact) mass is 398 g/mol. The SMILES string of the molecule is CC(C)(O)CCCCCCCC=O.CC/C=C/CCCCCCCC(=O)OC. The van der Waals surface area contributed by atoms with Crippen molar-refractivity contribution < 1.29 is 19.4 Å². The molecule has 0 aromatic heterocycles. The van der Waals surface area contributed by atoms with Crippen molar-refractivity contribution in [3.63, 3.8) is 0 Å². The van der Waals surface area contributed by atoms with E-state index >= 15 is 0 Å². The molecule has 1 N–H and O–H groups in total. The first-order valence-corrected chi connectivity index (χ1v) is 11.2. The molecule has 0 aliphatic carbocycles. The maximum atomic E-state index is 10.8. The van der Waals surface area contributed by atoms with Crippen molar-refractivity contribution in [1.29, 1.82) is 0 Å². The first-order valence-electron chi connectivity index (χ1n) is 11.2. The Hall–Kier alpha value is -1.16. The highest BCUT2D eigenvalue weighted by Gasteiger charge is 2.10. The second kappa shape index (κ2) is 22.1. The van der Waals surface area contributed by atoms with Gasteiger partial charge in [-0.2, -0.15) is 0 Å². The Labute approximate surface area is 174 Å². The van der Waals surface area contributed by atoms with Crippen LogP contribution in [0.5, 0.6) is 0 Å². The molecule has 0 heterocycles. The van der Waals surface area contributed by atoms with Crippen LogP contribution < -0.4 is 0 Å². The zero-order valence-electron chi connectivity index (χ0n) is 19.0. The molecule has 4 heteroatoms.